The molecule has 1 N–H and O–H groups in total. The summed E-state index contributed by atoms with van der Waals surface area (Å²) in [4.78, 5) is 40.9. The Labute approximate surface area is 207 Å². The average Bonchev–Trinajstić information content (AvgIpc) is 3.27. The van der Waals surface area contributed by atoms with E-state index in [1.54, 1.807) is 29.2 Å². The van der Waals surface area contributed by atoms with Gasteiger partial charge < -0.3 is 14.6 Å². The molecule has 0 unspecified atom stereocenters. The third-order valence-corrected chi connectivity index (χ3v) is 6.28. The fourth-order valence-electron chi connectivity index (χ4n) is 4.33. The molecule has 1 aliphatic heterocycles. The minimum Gasteiger partial charge on any atom is -0.449 e. The Kier molecular flexibility index (Phi) is 6.46. The van der Waals surface area contributed by atoms with E-state index >= 15 is 0 Å². The van der Waals surface area contributed by atoms with Gasteiger partial charge in [0, 0.05) is 55.8 Å². The lowest BCUT2D eigenvalue weighted by atomic mass is 10.1. The number of para-hydroxylation sites is 1. The summed E-state index contributed by atoms with van der Waals surface area (Å²) in [6.45, 7) is 3.36. The number of nitro groups is 1. The van der Waals surface area contributed by atoms with E-state index in [0.29, 0.717) is 29.7 Å². The molecule has 0 atom stereocenters. The molecule has 0 bridgehead atoms. The molecule has 0 spiro atoms. The third kappa shape index (κ3) is 4.82. The van der Waals surface area contributed by atoms with Crippen molar-refractivity contribution < 1.29 is 18.9 Å². The molecule has 5 rings (SSSR count). The van der Waals surface area contributed by atoms with Crippen LogP contribution in [0.2, 0.25) is 0 Å². The van der Waals surface area contributed by atoms with Crippen molar-refractivity contribution in [1.29, 1.82) is 0 Å². The lowest BCUT2D eigenvalue weighted by Crippen LogP contribution is -2.48. The van der Waals surface area contributed by atoms with E-state index in [4.69, 9.17) is 4.42 Å². The predicted octanol–water partition coefficient (Wildman–Crippen LogP) is 4.55. The molecule has 1 aliphatic rings. The molecule has 4 aromatic rings. The molecule has 0 saturated carbocycles. The second-order valence-corrected chi connectivity index (χ2v) is 8.61. The second kappa shape index (κ2) is 10.0. The van der Waals surface area contributed by atoms with E-state index in [-0.39, 0.29) is 22.9 Å². The number of hydrogen-bond acceptors (Lipinski definition) is 6. The highest BCUT2D eigenvalue weighted by atomic mass is 16.6. The van der Waals surface area contributed by atoms with Gasteiger partial charge in [-0.05, 0) is 29.8 Å². The summed E-state index contributed by atoms with van der Waals surface area (Å²) in [5.74, 6) is -0.703. The van der Waals surface area contributed by atoms with Crippen LogP contribution in [0.4, 0.5) is 11.4 Å². The quantitative estimate of drug-likeness (QED) is 0.318. The zero-order valence-electron chi connectivity index (χ0n) is 19.4. The van der Waals surface area contributed by atoms with Crippen molar-refractivity contribution in [3.05, 3.63) is 106 Å². The fourth-order valence-corrected chi connectivity index (χ4v) is 4.33. The summed E-state index contributed by atoms with van der Waals surface area (Å²) in [5, 5.41) is 14.3. The first kappa shape index (κ1) is 23.3. The van der Waals surface area contributed by atoms with Crippen molar-refractivity contribution in [3.8, 4) is 0 Å². The maximum Gasteiger partial charge on any atom is 0.291 e. The topological polar surface area (TPSA) is 109 Å². The summed E-state index contributed by atoms with van der Waals surface area (Å²) >= 11 is 0. The molecule has 2 amide bonds. The number of nitrogens with zero attached hydrogens (tertiary/aromatic N) is 3. The van der Waals surface area contributed by atoms with E-state index in [0.717, 1.165) is 19.6 Å². The maximum absolute atomic E-state index is 13.5. The zero-order chi connectivity index (χ0) is 25.1. The molecule has 36 heavy (non-hydrogen) atoms. The van der Waals surface area contributed by atoms with Gasteiger partial charge in [0.2, 0.25) is 5.76 Å². The summed E-state index contributed by atoms with van der Waals surface area (Å²) < 4.78 is 5.92. The number of rotatable bonds is 6. The standard InChI is InChI=1S/C27H24N4O5/c32-26(20-10-12-21(13-11-20)31(34)35)28-24-22-8-4-5-9-23(22)36-25(24)27(33)30-16-14-29(15-17-30)18-19-6-2-1-3-7-19/h1-13H,14-18H2,(H,28,32). The molecule has 1 fully saturated rings. The van der Waals surface area contributed by atoms with Gasteiger partial charge in [0.15, 0.2) is 0 Å². The van der Waals surface area contributed by atoms with Crippen LogP contribution in [0.1, 0.15) is 26.5 Å². The molecule has 3 aromatic carbocycles. The van der Waals surface area contributed by atoms with Crippen LogP contribution >= 0.6 is 0 Å². The van der Waals surface area contributed by atoms with Crippen molar-refractivity contribution >= 4 is 34.2 Å². The first-order valence-electron chi connectivity index (χ1n) is 11.6. The number of piperazine rings is 1. The Morgan fingerprint density at radius 2 is 1.56 bits per heavy atom. The molecule has 0 radical (unpaired) electrons. The number of benzene rings is 3. The molecular formula is C27H24N4O5. The maximum atomic E-state index is 13.5. The van der Waals surface area contributed by atoms with Crippen molar-refractivity contribution in [2.45, 2.75) is 6.54 Å². The molecule has 9 heteroatoms. The highest BCUT2D eigenvalue weighted by Gasteiger charge is 2.29. The number of amides is 2. The fraction of sp³-hybridized carbons (Fsp3) is 0.185. The van der Waals surface area contributed by atoms with E-state index in [1.165, 1.54) is 29.8 Å². The Morgan fingerprint density at radius 1 is 0.889 bits per heavy atom. The number of nitro benzene ring substituents is 1. The van der Waals surface area contributed by atoms with Gasteiger partial charge >= 0.3 is 0 Å². The Bertz CT molecular complexity index is 1410. The van der Waals surface area contributed by atoms with Crippen LogP contribution in [0.25, 0.3) is 11.0 Å². The number of nitrogens with one attached hydrogen (secondary N) is 1. The number of carbonyl (C=O) groups is 2. The van der Waals surface area contributed by atoms with Gasteiger partial charge in [-0.15, -0.1) is 0 Å². The molecule has 9 nitrogen and oxygen atoms in total. The van der Waals surface area contributed by atoms with Gasteiger partial charge in [0.05, 0.1) is 4.92 Å². The normalized spacial score (nSPS) is 14.1. The minimum atomic E-state index is -0.526. The highest BCUT2D eigenvalue weighted by molar-refractivity contribution is 6.14. The van der Waals surface area contributed by atoms with Crippen molar-refractivity contribution in [3.63, 3.8) is 0 Å². The Morgan fingerprint density at radius 3 is 2.25 bits per heavy atom. The molecule has 1 saturated heterocycles. The number of anilines is 1. The summed E-state index contributed by atoms with van der Waals surface area (Å²) in [6.07, 6.45) is 0. The van der Waals surface area contributed by atoms with Gasteiger partial charge in [-0.3, -0.25) is 24.6 Å². The number of carbonyl (C=O) groups excluding carboxylic acids is 2. The molecule has 1 aromatic heterocycles. The van der Waals surface area contributed by atoms with E-state index in [2.05, 4.69) is 22.3 Å². The van der Waals surface area contributed by atoms with Crippen molar-refractivity contribution in [2.75, 3.05) is 31.5 Å². The number of furan rings is 1. The molecular weight excluding hydrogens is 460 g/mol. The van der Waals surface area contributed by atoms with Crippen LogP contribution in [-0.4, -0.2) is 52.7 Å². The first-order valence-corrected chi connectivity index (χ1v) is 11.6. The van der Waals surface area contributed by atoms with Gasteiger partial charge in [-0.25, -0.2) is 0 Å². The Hall–Kier alpha value is -4.50. The van der Waals surface area contributed by atoms with Crippen molar-refractivity contribution in [1.82, 2.24) is 9.80 Å². The smallest absolute Gasteiger partial charge is 0.291 e. The highest BCUT2D eigenvalue weighted by Crippen LogP contribution is 2.32. The van der Waals surface area contributed by atoms with Crippen LogP contribution in [0.5, 0.6) is 0 Å². The average molecular weight is 485 g/mol. The van der Waals surface area contributed by atoms with E-state index in [1.807, 2.05) is 18.2 Å². The number of non-ortho nitro benzene ring substituents is 1. The monoisotopic (exact) mass is 484 g/mol. The Balaban J connectivity index is 1.34. The number of fused-ring (bicyclic) bond motifs is 1. The lowest BCUT2D eigenvalue weighted by Gasteiger charge is -2.34. The van der Waals surface area contributed by atoms with Crippen LogP contribution in [0, 0.1) is 10.1 Å². The molecule has 182 valence electrons. The van der Waals surface area contributed by atoms with E-state index in [9.17, 15) is 19.7 Å². The predicted molar refractivity (Wildman–Crippen MR) is 135 cm³/mol. The summed E-state index contributed by atoms with van der Waals surface area (Å²) in [5.41, 5.74) is 2.14. The van der Waals surface area contributed by atoms with Gasteiger partial charge in [-0.2, -0.15) is 0 Å². The summed E-state index contributed by atoms with van der Waals surface area (Å²) in [7, 11) is 0. The first-order chi connectivity index (χ1) is 17.5. The lowest BCUT2D eigenvalue weighted by molar-refractivity contribution is -0.384. The number of hydrogen-bond donors (Lipinski definition) is 1. The SMILES string of the molecule is O=C(Nc1c(C(=O)N2CCN(Cc3ccccc3)CC2)oc2ccccc12)c1ccc([N+](=O)[O-])cc1. The van der Waals surface area contributed by atoms with Crippen LogP contribution in [0.3, 0.4) is 0 Å². The van der Waals surface area contributed by atoms with E-state index < -0.39 is 10.8 Å². The largest absolute Gasteiger partial charge is 0.449 e. The van der Waals surface area contributed by atoms with Gasteiger partial charge in [0.1, 0.15) is 11.3 Å². The van der Waals surface area contributed by atoms with Crippen LogP contribution in [0.15, 0.2) is 83.3 Å². The van der Waals surface area contributed by atoms with Crippen LogP contribution in [-0.2, 0) is 6.54 Å². The van der Waals surface area contributed by atoms with Crippen molar-refractivity contribution in [2.24, 2.45) is 0 Å². The minimum absolute atomic E-state index is 0.0722. The van der Waals surface area contributed by atoms with Gasteiger partial charge in [0.25, 0.3) is 17.5 Å². The molecule has 2 heterocycles. The summed E-state index contributed by atoms with van der Waals surface area (Å²) in [6, 6.07) is 22.6. The zero-order valence-corrected chi connectivity index (χ0v) is 19.4. The second-order valence-electron chi connectivity index (χ2n) is 8.61. The van der Waals surface area contributed by atoms with Gasteiger partial charge in [-0.1, -0.05) is 42.5 Å². The third-order valence-electron chi connectivity index (χ3n) is 6.28. The molecule has 0 aliphatic carbocycles. The van der Waals surface area contributed by atoms with Crippen LogP contribution < -0.4 is 5.32 Å².